The molecule has 0 bridgehead atoms. The van der Waals surface area contributed by atoms with Gasteiger partial charge in [0.25, 0.3) is 0 Å². The Balaban J connectivity index is 0.000000138. The first-order valence-electron chi connectivity index (χ1n) is 6.41. The smallest absolute Gasteiger partial charge is 0.170 e. The number of rotatable bonds is 0. The van der Waals surface area contributed by atoms with Gasteiger partial charge in [-0.15, -0.1) is 0 Å². The molecular weight excluding hydrogens is 233 g/mol. The molecule has 0 aromatic heterocycles. The molecule has 0 aliphatic carbocycles. The van der Waals surface area contributed by atoms with Crippen LogP contribution in [0.3, 0.4) is 0 Å². The third-order valence-electron chi connectivity index (χ3n) is 3.19. The second-order valence-corrected chi connectivity index (χ2v) is 4.65. The van der Waals surface area contributed by atoms with Crippen LogP contribution in [-0.4, -0.2) is 32.1 Å². The van der Waals surface area contributed by atoms with Crippen molar-refractivity contribution in [1.29, 1.82) is 0 Å². The minimum Gasteiger partial charge on any atom is -0.347 e. The Hall–Kier alpha value is -0.970. The van der Waals surface area contributed by atoms with Gasteiger partial charge in [0.15, 0.2) is 5.79 Å². The van der Waals surface area contributed by atoms with E-state index in [4.69, 9.17) is 9.47 Å². The minimum atomic E-state index is -0.189. The first kappa shape index (κ1) is 13.5. The van der Waals surface area contributed by atoms with E-state index < -0.39 is 0 Å². The van der Waals surface area contributed by atoms with Gasteiger partial charge in [0.2, 0.25) is 0 Å². The number of hydrogen-bond acceptors (Lipinski definition) is 3. The number of ether oxygens (including phenoxy) is 2. The fourth-order valence-electron chi connectivity index (χ4n) is 2.13. The maximum atomic E-state index is 12.1. The maximum Gasteiger partial charge on any atom is 0.170 e. The van der Waals surface area contributed by atoms with Crippen LogP contribution in [0.2, 0.25) is 0 Å². The van der Waals surface area contributed by atoms with E-state index in [1.54, 1.807) is 12.1 Å². The van der Waals surface area contributed by atoms with E-state index in [1.807, 2.05) is 6.92 Å². The second kappa shape index (κ2) is 6.27. The standard InChI is InChI=1S/C7H7F.C7H13NO2/c1-6-2-4-7(8)5-3-6;1-3-8-4-2-7(1)9-5-6-10-7/h2-5H,1H3;8H,1-6H2. The summed E-state index contributed by atoms with van der Waals surface area (Å²) in [5.41, 5.74) is 1.09. The van der Waals surface area contributed by atoms with Crippen LogP contribution in [0, 0.1) is 12.7 Å². The SMILES string of the molecule is C1CC2(CCN1)OCCO2.Cc1ccc(F)cc1. The summed E-state index contributed by atoms with van der Waals surface area (Å²) in [6.45, 7) is 5.54. The first-order valence-corrected chi connectivity index (χ1v) is 6.41. The summed E-state index contributed by atoms with van der Waals surface area (Å²) in [4.78, 5) is 0. The highest BCUT2D eigenvalue weighted by atomic mass is 19.1. The Labute approximate surface area is 107 Å². The molecule has 18 heavy (non-hydrogen) atoms. The van der Waals surface area contributed by atoms with Gasteiger partial charge in [-0.1, -0.05) is 17.7 Å². The third kappa shape index (κ3) is 3.77. The molecule has 0 radical (unpaired) electrons. The molecule has 2 aliphatic heterocycles. The molecule has 3 nitrogen and oxygen atoms in total. The van der Waals surface area contributed by atoms with Crippen molar-refractivity contribution in [2.24, 2.45) is 0 Å². The molecule has 1 aromatic rings. The van der Waals surface area contributed by atoms with E-state index in [2.05, 4.69) is 5.32 Å². The molecule has 2 aliphatic rings. The number of nitrogens with one attached hydrogen (secondary N) is 1. The molecule has 1 N–H and O–H groups in total. The van der Waals surface area contributed by atoms with Crippen molar-refractivity contribution in [1.82, 2.24) is 5.32 Å². The second-order valence-electron chi connectivity index (χ2n) is 4.65. The number of halogens is 1. The van der Waals surface area contributed by atoms with Crippen molar-refractivity contribution >= 4 is 0 Å². The Kier molecular flexibility index (Phi) is 4.69. The Morgan fingerprint density at radius 1 is 1.06 bits per heavy atom. The number of piperidine rings is 1. The maximum absolute atomic E-state index is 12.1. The highest BCUT2D eigenvalue weighted by Gasteiger charge is 2.37. The number of aryl methyl sites for hydroxylation is 1. The Bertz CT molecular complexity index is 332. The molecule has 1 aromatic carbocycles. The van der Waals surface area contributed by atoms with E-state index in [9.17, 15) is 4.39 Å². The molecule has 0 amide bonds. The van der Waals surface area contributed by atoms with Crippen LogP contribution in [0.1, 0.15) is 18.4 Å². The summed E-state index contributed by atoms with van der Waals surface area (Å²) >= 11 is 0. The molecule has 3 rings (SSSR count). The molecule has 1 spiro atoms. The average Bonchev–Trinajstić information content (AvgIpc) is 2.83. The van der Waals surface area contributed by atoms with Crippen molar-refractivity contribution in [3.8, 4) is 0 Å². The summed E-state index contributed by atoms with van der Waals surface area (Å²) in [6, 6.07) is 6.40. The molecule has 2 saturated heterocycles. The van der Waals surface area contributed by atoms with Gasteiger partial charge in [0.05, 0.1) is 13.2 Å². The quantitative estimate of drug-likeness (QED) is 0.769. The van der Waals surface area contributed by atoms with E-state index in [0.717, 1.165) is 44.7 Å². The number of benzene rings is 1. The molecular formula is C14H20FNO2. The zero-order valence-corrected chi connectivity index (χ0v) is 10.7. The topological polar surface area (TPSA) is 30.5 Å². The van der Waals surface area contributed by atoms with E-state index in [-0.39, 0.29) is 11.6 Å². The summed E-state index contributed by atoms with van der Waals surface area (Å²) < 4.78 is 23.1. The lowest BCUT2D eigenvalue weighted by molar-refractivity contribution is -0.172. The lowest BCUT2D eigenvalue weighted by Crippen LogP contribution is -2.42. The van der Waals surface area contributed by atoms with Crippen molar-refractivity contribution in [3.63, 3.8) is 0 Å². The van der Waals surface area contributed by atoms with Crippen LogP contribution in [-0.2, 0) is 9.47 Å². The first-order chi connectivity index (χ1) is 8.70. The lowest BCUT2D eigenvalue weighted by atomic mass is 10.1. The Morgan fingerprint density at radius 3 is 2.11 bits per heavy atom. The average molecular weight is 253 g/mol. The van der Waals surface area contributed by atoms with Gasteiger partial charge in [-0.25, -0.2) is 4.39 Å². The molecule has 2 fully saturated rings. The summed E-state index contributed by atoms with van der Waals surface area (Å²) in [5.74, 6) is -0.360. The number of hydrogen-bond donors (Lipinski definition) is 1. The van der Waals surface area contributed by atoms with Gasteiger partial charge in [-0.3, -0.25) is 0 Å². The molecule has 4 heteroatoms. The van der Waals surface area contributed by atoms with Gasteiger partial charge < -0.3 is 14.8 Å². The zero-order chi connectivity index (χ0) is 12.8. The van der Waals surface area contributed by atoms with E-state index in [0.29, 0.717) is 0 Å². The van der Waals surface area contributed by atoms with Crippen molar-refractivity contribution in [2.75, 3.05) is 26.3 Å². The third-order valence-corrected chi connectivity index (χ3v) is 3.19. The fraction of sp³-hybridized carbons (Fsp3) is 0.571. The van der Waals surface area contributed by atoms with E-state index >= 15 is 0 Å². The highest BCUT2D eigenvalue weighted by molar-refractivity contribution is 5.13. The predicted octanol–water partition coefficient (Wildman–Crippen LogP) is 2.25. The predicted molar refractivity (Wildman–Crippen MR) is 67.9 cm³/mol. The monoisotopic (exact) mass is 253 g/mol. The van der Waals surface area contributed by atoms with Gasteiger partial charge >= 0.3 is 0 Å². The molecule has 0 unspecified atom stereocenters. The zero-order valence-electron chi connectivity index (χ0n) is 10.7. The highest BCUT2D eigenvalue weighted by Crippen LogP contribution is 2.28. The van der Waals surface area contributed by atoms with Crippen molar-refractivity contribution in [2.45, 2.75) is 25.6 Å². The van der Waals surface area contributed by atoms with Crippen LogP contribution in [0.25, 0.3) is 0 Å². The largest absolute Gasteiger partial charge is 0.347 e. The van der Waals surface area contributed by atoms with Crippen molar-refractivity contribution < 1.29 is 13.9 Å². The molecule has 0 atom stereocenters. The van der Waals surface area contributed by atoms with Crippen LogP contribution in [0.15, 0.2) is 24.3 Å². The summed E-state index contributed by atoms with van der Waals surface area (Å²) in [6.07, 6.45) is 2.01. The van der Waals surface area contributed by atoms with Crippen LogP contribution in [0.4, 0.5) is 4.39 Å². The lowest BCUT2D eigenvalue weighted by Gasteiger charge is -2.31. The van der Waals surface area contributed by atoms with Gasteiger partial charge in [-0.2, -0.15) is 0 Å². The molecule has 0 saturated carbocycles. The minimum absolute atomic E-state index is 0.171. The van der Waals surface area contributed by atoms with Crippen LogP contribution in [0.5, 0.6) is 0 Å². The molecule has 2 heterocycles. The summed E-state index contributed by atoms with van der Waals surface area (Å²) in [7, 11) is 0. The molecule has 100 valence electrons. The normalized spacial score (nSPS) is 21.4. The summed E-state index contributed by atoms with van der Waals surface area (Å²) in [5, 5.41) is 3.28. The van der Waals surface area contributed by atoms with Crippen LogP contribution >= 0.6 is 0 Å². The fourth-order valence-corrected chi connectivity index (χ4v) is 2.13. The van der Waals surface area contributed by atoms with Gasteiger partial charge in [0.1, 0.15) is 5.82 Å². The van der Waals surface area contributed by atoms with Gasteiger partial charge in [0, 0.05) is 25.9 Å². The van der Waals surface area contributed by atoms with Crippen molar-refractivity contribution in [3.05, 3.63) is 35.6 Å². The van der Waals surface area contributed by atoms with Gasteiger partial charge in [-0.05, 0) is 19.1 Å². The van der Waals surface area contributed by atoms with Crippen LogP contribution < -0.4 is 5.32 Å². The van der Waals surface area contributed by atoms with E-state index in [1.165, 1.54) is 12.1 Å². The Morgan fingerprint density at radius 2 is 1.61 bits per heavy atom.